The van der Waals surface area contributed by atoms with Crippen LogP contribution in [0, 0.1) is 26.7 Å². The number of benzene rings is 3. The third-order valence-corrected chi connectivity index (χ3v) is 7.84. The van der Waals surface area contributed by atoms with E-state index in [-0.39, 0.29) is 11.8 Å². The number of nitrogens with one attached hydrogen (secondary N) is 2. The molecule has 0 aliphatic heterocycles. The molecule has 0 heterocycles. The van der Waals surface area contributed by atoms with Crippen LogP contribution in [0.2, 0.25) is 0 Å². The van der Waals surface area contributed by atoms with E-state index in [0.717, 1.165) is 23.1 Å². The largest absolute Gasteiger partial charge is 0.326 e. The van der Waals surface area contributed by atoms with Crippen LogP contribution in [0.15, 0.2) is 66.7 Å². The molecule has 4 nitrogen and oxygen atoms in total. The molecule has 0 aromatic heterocycles. The second kappa shape index (κ2) is 15.3. The molecule has 0 unspecified atom stereocenters. The molecule has 3 aromatic carbocycles. The Balaban J connectivity index is 0.000000218. The predicted octanol–water partition coefficient (Wildman–Crippen LogP) is 9.36. The highest BCUT2D eigenvalue weighted by Gasteiger charge is 2.21. The monoisotopic (exact) mass is 526 g/mol. The van der Waals surface area contributed by atoms with Gasteiger partial charge in [0.25, 0.3) is 5.91 Å². The Morgan fingerprint density at radius 1 is 0.744 bits per heavy atom. The molecule has 3 aromatic rings. The van der Waals surface area contributed by atoms with Gasteiger partial charge in [-0.3, -0.25) is 9.59 Å². The number of rotatable bonds is 8. The molecule has 208 valence electrons. The van der Waals surface area contributed by atoms with Crippen molar-refractivity contribution >= 4 is 23.2 Å². The maximum absolute atomic E-state index is 12.1. The van der Waals surface area contributed by atoms with Gasteiger partial charge in [0.05, 0.1) is 0 Å². The third kappa shape index (κ3) is 10.0. The van der Waals surface area contributed by atoms with Crippen molar-refractivity contribution in [3.63, 3.8) is 0 Å². The first kappa shape index (κ1) is 30.1. The summed E-state index contributed by atoms with van der Waals surface area (Å²) in [7, 11) is 0. The van der Waals surface area contributed by atoms with E-state index in [1.807, 2.05) is 32.0 Å². The van der Waals surface area contributed by atoms with Crippen molar-refractivity contribution in [1.82, 2.24) is 0 Å². The lowest BCUT2D eigenvalue weighted by Gasteiger charge is -2.29. The van der Waals surface area contributed by atoms with E-state index in [0.29, 0.717) is 11.3 Å². The molecule has 4 heteroatoms. The molecule has 4 rings (SSSR count). The van der Waals surface area contributed by atoms with Crippen molar-refractivity contribution in [2.75, 3.05) is 10.6 Å². The molecule has 2 N–H and O–H groups in total. The molecule has 0 radical (unpaired) electrons. The van der Waals surface area contributed by atoms with Crippen molar-refractivity contribution in [3.8, 4) is 0 Å². The topological polar surface area (TPSA) is 58.2 Å². The number of amides is 2. The molecule has 0 atom stereocenters. The van der Waals surface area contributed by atoms with E-state index >= 15 is 0 Å². The fourth-order valence-corrected chi connectivity index (χ4v) is 5.24. The summed E-state index contributed by atoms with van der Waals surface area (Å²) < 4.78 is 0. The molecule has 0 bridgehead atoms. The van der Waals surface area contributed by atoms with E-state index in [4.69, 9.17) is 0 Å². The molecule has 1 saturated carbocycles. The van der Waals surface area contributed by atoms with Crippen LogP contribution in [0.25, 0.3) is 0 Å². The minimum absolute atomic E-state index is 0.137. The summed E-state index contributed by atoms with van der Waals surface area (Å²) in [6.07, 6.45) is 11.5. The number of unbranched alkanes of at least 4 members (excludes halogenated alkanes) is 2. The van der Waals surface area contributed by atoms with Gasteiger partial charge in [-0.25, -0.2) is 0 Å². The zero-order chi connectivity index (χ0) is 28.2. The zero-order valence-electron chi connectivity index (χ0n) is 24.5. The molecule has 0 saturated heterocycles. The van der Waals surface area contributed by atoms with E-state index in [1.165, 1.54) is 69.4 Å². The van der Waals surface area contributed by atoms with Crippen LogP contribution < -0.4 is 10.6 Å². The molecule has 1 aliphatic carbocycles. The van der Waals surface area contributed by atoms with Gasteiger partial charge in [0, 0.05) is 23.9 Å². The minimum Gasteiger partial charge on any atom is -0.326 e. The summed E-state index contributed by atoms with van der Waals surface area (Å²) in [5.41, 5.74) is 7.27. The summed E-state index contributed by atoms with van der Waals surface area (Å²) in [4.78, 5) is 23.1. The number of anilines is 2. The van der Waals surface area contributed by atoms with Gasteiger partial charge < -0.3 is 10.6 Å². The normalized spacial score (nSPS) is 16.5. The molecule has 39 heavy (non-hydrogen) atoms. The second-order valence-electron chi connectivity index (χ2n) is 11.1. The number of hydrogen-bond donors (Lipinski definition) is 2. The summed E-state index contributed by atoms with van der Waals surface area (Å²) in [5, 5.41) is 5.52. The molecule has 0 spiro atoms. The van der Waals surface area contributed by atoms with Crippen LogP contribution in [0.5, 0.6) is 0 Å². The van der Waals surface area contributed by atoms with Gasteiger partial charge in [-0.1, -0.05) is 68.5 Å². The Labute approximate surface area is 235 Å². The summed E-state index contributed by atoms with van der Waals surface area (Å²) >= 11 is 0. The lowest BCUT2D eigenvalue weighted by molar-refractivity contribution is -0.114. The van der Waals surface area contributed by atoms with E-state index in [1.54, 1.807) is 29.8 Å². The summed E-state index contributed by atoms with van der Waals surface area (Å²) in [6.45, 7) is 9.96. The maximum atomic E-state index is 12.1. The lowest BCUT2D eigenvalue weighted by Crippen LogP contribution is -2.13. The first-order valence-corrected chi connectivity index (χ1v) is 14.6. The number of aryl methyl sites for hydroxylation is 3. The number of carbonyl (C=O) groups is 2. The number of carbonyl (C=O) groups excluding carboxylic acids is 2. The Hall–Kier alpha value is -3.40. The summed E-state index contributed by atoms with van der Waals surface area (Å²) in [6, 6.07) is 21.8. The average Bonchev–Trinajstić information content (AvgIpc) is 2.92. The van der Waals surface area contributed by atoms with Crippen molar-refractivity contribution in [1.29, 1.82) is 0 Å². The van der Waals surface area contributed by atoms with Crippen LogP contribution >= 0.6 is 0 Å². The molecule has 2 amide bonds. The van der Waals surface area contributed by atoms with Gasteiger partial charge in [0.1, 0.15) is 0 Å². The lowest BCUT2D eigenvalue weighted by atomic mass is 9.77. The van der Waals surface area contributed by atoms with Gasteiger partial charge in [-0.2, -0.15) is 0 Å². The highest BCUT2D eigenvalue weighted by Crippen LogP contribution is 2.37. The van der Waals surface area contributed by atoms with Gasteiger partial charge >= 0.3 is 0 Å². The Morgan fingerprint density at radius 3 is 1.97 bits per heavy atom. The van der Waals surface area contributed by atoms with E-state index in [2.05, 4.69) is 48.7 Å². The highest BCUT2D eigenvalue weighted by atomic mass is 16.2. The van der Waals surface area contributed by atoms with Gasteiger partial charge in [-0.05, 0) is 111 Å². The Kier molecular flexibility index (Phi) is 11.8. The van der Waals surface area contributed by atoms with Gasteiger partial charge in [0.2, 0.25) is 5.91 Å². The Morgan fingerprint density at radius 2 is 1.38 bits per heavy atom. The van der Waals surface area contributed by atoms with Crippen molar-refractivity contribution in [3.05, 3.63) is 94.5 Å². The maximum Gasteiger partial charge on any atom is 0.255 e. The third-order valence-electron chi connectivity index (χ3n) is 7.84. The fraction of sp³-hybridized carbons (Fsp3) is 0.429. The SMILES string of the molecule is CC(=O)Nc1ccc(C(=O)Nc2ccc(C)c(C)c2)cc1.CCCCCC1CCC(c2ccc(C)cc2)CC1. The van der Waals surface area contributed by atoms with Crippen LogP contribution in [0.4, 0.5) is 11.4 Å². The van der Waals surface area contributed by atoms with Crippen molar-refractivity contribution in [2.45, 2.75) is 91.9 Å². The number of hydrogen-bond acceptors (Lipinski definition) is 2. The quantitative estimate of drug-likeness (QED) is 0.287. The molecular weight excluding hydrogens is 480 g/mol. The fourth-order valence-electron chi connectivity index (χ4n) is 5.24. The smallest absolute Gasteiger partial charge is 0.255 e. The van der Waals surface area contributed by atoms with Gasteiger partial charge in [0.15, 0.2) is 0 Å². The van der Waals surface area contributed by atoms with Crippen molar-refractivity contribution < 1.29 is 9.59 Å². The Bertz CT molecular complexity index is 1190. The van der Waals surface area contributed by atoms with Crippen LogP contribution in [-0.2, 0) is 4.79 Å². The minimum atomic E-state index is -0.173. The molecular formula is C35H46N2O2. The molecule has 1 aliphatic rings. The van der Waals surface area contributed by atoms with Crippen LogP contribution in [-0.4, -0.2) is 11.8 Å². The van der Waals surface area contributed by atoms with Crippen molar-refractivity contribution in [2.24, 2.45) is 5.92 Å². The first-order valence-electron chi connectivity index (χ1n) is 14.6. The average molecular weight is 527 g/mol. The first-order chi connectivity index (χ1) is 18.7. The highest BCUT2D eigenvalue weighted by molar-refractivity contribution is 6.04. The van der Waals surface area contributed by atoms with E-state index < -0.39 is 0 Å². The van der Waals surface area contributed by atoms with Crippen LogP contribution in [0.3, 0.4) is 0 Å². The standard InChI is InChI=1S/C18H28.C17H18N2O2/c1-3-4-5-6-16-9-13-18(14-10-16)17-11-7-15(2)8-12-17;1-11-4-7-16(10-12(11)2)19-17(21)14-5-8-15(9-6-14)18-13(3)20/h7-8,11-12,16,18H,3-6,9-10,13-14H2,1-2H3;4-10H,1-3H3,(H,18,20)(H,19,21). The zero-order valence-corrected chi connectivity index (χ0v) is 24.5. The van der Waals surface area contributed by atoms with E-state index in [9.17, 15) is 9.59 Å². The van der Waals surface area contributed by atoms with Crippen LogP contribution in [0.1, 0.15) is 104 Å². The predicted molar refractivity (Wildman–Crippen MR) is 165 cm³/mol. The second-order valence-corrected chi connectivity index (χ2v) is 11.1. The summed E-state index contributed by atoms with van der Waals surface area (Å²) in [5.74, 6) is 1.56. The molecule has 1 fully saturated rings. The van der Waals surface area contributed by atoms with Gasteiger partial charge in [-0.15, -0.1) is 0 Å².